The van der Waals surface area contributed by atoms with Crippen LogP contribution in [-0.4, -0.2) is 13.7 Å². The zero-order valence-electron chi connectivity index (χ0n) is 7.41. The second kappa shape index (κ2) is 5.20. The van der Waals surface area contributed by atoms with Gasteiger partial charge in [0.2, 0.25) is 0 Å². The van der Waals surface area contributed by atoms with Crippen molar-refractivity contribution < 1.29 is 9.57 Å². The van der Waals surface area contributed by atoms with Gasteiger partial charge in [-0.1, -0.05) is 17.9 Å². The predicted octanol–water partition coefficient (Wildman–Crippen LogP) is 0.937. The molecule has 0 saturated carbocycles. The van der Waals surface area contributed by atoms with E-state index in [-0.39, 0.29) is 6.61 Å². The zero-order chi connectivity index (χ0) is 9.52. The summed E-state index contributed by atoms with van der Waals surface area (Å²) in [7, 11) is 1.62. The maximum Gasteiger partial charge on any atom is 0.129 e. The third-order valence-corrected chi connectivity index (χ3v) is 1.46. The van der Waals surface area contributed by atoms with E-state index in [9.17, 15) is 0 Å². The fraction of sp³-hybridized carbons (Fsp3) is 0.200. The van der Waals surface area contributed by atoms with Gasteiger partial charge in [0, 0.05) is 5.56 Å². The van der Waals surface area contributed by atoms with E-state index in [1.54, 1.807) is 7.11 Å². The van der Waals surface area contributed by atoms with Crippen LogP contribution in [0.4, 0.5) is 0 Å². The van der Waals surface area contributed by atoms with Gasteiger partial charge in [0.25, 0.3) is 0 Å². The van der Waals surface area contributed by atoms with E-state index < -0.39 is 0 Å². The van der Waals surface area contributed by atoms with Gasteiger partial charge in [0.15, 0.2) is 0 Å². The number of hydrogen-bond acceptors (Lipinski definition) is 3. The van der Waals surface area contributed by atoms with Gasteiger partial charge in [0.05, 0.1) is 7.11 Å². The Morgan fingerprint density at radius 3 is 3.00 bits per heavy atom. The molecule has 0 heterocycles. The molecule has 0 unspecified atom stereocenters. The Hall–Kier alpha value is -1.50. The van der Waals surface area contributed by atoms with Gasteiger partial charge < -0.3 is 4.74 Å². The third kappa shape index (κ3) is 3.16. The highest BCUT2D eigenvalue weighted by molar-refractivity contribution is 5.39. The Morgan fingerprint density at radius 1 is 1.46 bits per heavy atom. The molecule has 68 valence electrons. The Balaban J connectivity index is 2.73. The quantitative estimate of drug-likeness (QED) is 0.540. The number of methoxy groups -OCH3 is 1. The maximum atomic E-state index is 5.04. The average Bonchev–Trinajstić information content (AvgIpc) is 2.19. The van der Waals surface area contributed by atoms with Crippen molar-refractivity contribution in [2.24, 2.45) is 5.90 Å². The van der Waals surface area contributed by atoms with Gasteiger partial charge >= 0.3 is 0 Å². The Kier molecular flexibility index (Phi) is 3.83. The maximum absolute atomic E-state index is 5.04. The summed E-state index contributed by atoms with van der Waals surface area (Å²) in [5, 5.41) is 0. The molecule has 0 aliphatic carbocycles. The lowest BCUT2D eigenvalue weighted by Gasteiger charge is -1.97. The fourth-order valence-electron chi connectivity index (χ4n) is 0.881. The van der Waals surface area contributed by atoms with Crippen LogP contribution in [-0.2, 0) is 4.84 Å². The highest BCUT2D eigenvalue weighted by atomic mass is 16.6. The van der Waals surface area contributed by atoms with Gasteiger partial charge in [-0.15, -0.1) is 0 Å². The van der Waals surface area contributed by atoms with E-state index in [0.29, 0.717) is 0 Å². The van der Waals surface area contributed by atoms with Gasteiger partial charge in [0.1, 0.15) is 12.4 Å². The summed E-state index contributed by atoms with van der Waals surface area (Å²) in [6, 6.07) is 7.49. The lowest BCUT2D eigenvalue weighted by Crippen LogP contribution is -1.97. The van der Waals surface area contributed by atoms with Gasteiger partial charge in [-0.05, 0) is 18.2 Å². The molecule has 0 radical (unpaired) electrons. The lowest BCUT2D eigenvalue weighted by atomic mass is 10.2. The van der Waals surface area contributed by atoms with Crippen LogP contribution in [0.25, 0.3) is 0 Å². The van der Waals surface area contributed by atoms with Gasteiger partial charge in [-0.25, -0.2) is 5.90 Å². The molecule has 0 bridgehead atoms. The van der Waals surface area contributed by atoms with Crippen LogP contribution >= 0.6 is 0 Å². The van der Waals surface area contributed by atoms with E-state index in [2.05, 4.69) is 16.7 Å². The van der Waals surface area contributed by atoms with Crippen molar-refractivity contribution in [1.29, 1.82) is 0 Å². The van der Waals surface area contributed by atoms with Crippen molar-refractivity contribution in [3.05, 3.63) is 29.8 Å². The third-order valence-electron chi connectivity index (χ3n) is 1.46. The fourth-order valence-corrected chi connectivity index (χ4v) is 0.881. The number of ether oxygens (including phenoxy) is 1. The van der Waals surface area contributed by atoms with Crippen molar-refractivity contribution in [1.82, 2.24) is 0 Å². The van der Waals surface area contributed by atoms with Crippen molar-refractivity contribution >= 4 is 0 Å². The minimum absolute atomic E-state index is 0.233. The average molecular weight is 177 g/mol. The molecule has 0 spiro atoms. The minimum Gasteiger partial charge on any atom is -0.497 e. The van der Waals surface area contributed by atoms with Crippen molar-refractivity contribution in [2.75, 3.05) is 13.7 Å². The first kappa shape index (κ1) is 9.59. The highest BCUT2D eigenvalue weighted by Crippen LogP contribution is 2.10. The molecule has 3 heteroatoms. The van der Waals surface area contributed by atoms with E-state index in [4.69, 9.17) is 10.6 Å². The molecule has 0 aliphatic rings. The number of hydrogen-bond donors (Lipinski definition) is 1. The molecule has 2 N–H and O–H groups in total. The van der Waals surface area contributed by atoms with Crippen LogP contribution in [0.1, 0.15) is 5.56 Å². The molecule has 1 rings (SSSR count). The Labute approximate surface area is 77.4 Å². The van der Waals surface area contributed by atoms with E-state index in [1.807, 2.05) is 24.3 Å². The molecule has 0 amide bonds. The van der Waals surface area contributed by atoms with Gasteiger partial charge in [-0.2, -0.15) is 0 Å². The van der Waals surface area contributed by atoms with Crippen LogP contribution in [0.2, 0.25) is 0 Å². The zero-order valence-corrected chi connectivity index (χ0v) is 7.41. The normalized spacial score (nSPS) is 8.77. The van der Waals surface area contributed by atoms with Crippen LogP contribution in [0.5, 0.6) is 5.75 Å². The summed E-state index contributed by atoms with van der Waals surface area (Å²) in [4.78, 5) is 4.32. The standard InChI is InChI=1S/C10H11NO2/c1-12-10-6-2-4-9(8-10)5-3-7-13-11/h2,4,6,8H,7,11H2,1H3. The molecular formula is C10H11NO2. The molecule has 1 aromatic rings. The second-order valence-electron chi connectivity index (χ2n) is 2.34. The smallest absolute Gasteiger partial charge is 0.129 e. The first-order valence-electron chi connectivity index (χ1n) is 3.81. The van der Waals surface area contributed by atoms with E-state index >= 15 is 0 Å². The molecule has 1 aromatic carbocycles. The van der Waals surface area contributed by atoms with Gasteiger partial charge in [-0.3, -0.25) is 4.84 Å². The van der Waals surface area contributed by atoms with Crippen LogP contribution < -0.4 is 10.6 Å². The molecule has 13 heavy (non-hydrogen) atoms. The molecule has 3 nitrogen and oxygen atoms in total. The number of nitrogens with two attached hydrogens (primary N) is 1. The summed E-state index contributed by atoms with van der Waals surface area (Å²) >= 11 is 0. The van der Waals surface area contributed by atoms with Crippen LogP contribution in [0, 0.1) is 11.8 Å². The molecule has 0 saturated heterocycles. The Bertz CT molecular complexity index is 325. The van der Waals surface area contributed by atoms with Crippen molar-refractivity contribution in [3.8, 4) is 17.6 Å². The Morgan fingerprint density at radius 2 is 2.31 bits per heavy atom. The highest BCUT2D eigenvalue weighted by Gasteiger charge is 1.90. The SMILES string of the molecule is COc1cccc(C#CCON)c1. The van der Waals surface area contributed by atoms with Crippen LogP contribution in [0.3, 0.4) is 0 Å². The summed E-state index contributed by atoms with van der Waals surface area (Å²) < 4.78 is 5.04. The number of rotatable bonds is 2. The van der Waals surface area contributed by atoms with E-state index in [1.165, 1.54) is 0 Å². The molecule has 0 aliphatic heterocycles. The molecule has 0 atom stereocenters. The largest absolute Gasteiger partial charge is 0.497 e. The van der Waals surface area contributed by atoms with E-state index in [0.717, 1.165) is 11.3 Å². The summed E-state index contributed by atoms with van der Waals surface area (Å²) in [6.45, 7) is 0.233. The molecular weight excluding hydrogens is 166 g/mol. The summed E-state index contributed by atoms with van der Waals surface area (Å²) in [5.74, 6) is 11.2. The predicted molar refractivity (Wildman–Crippen MR) is 50.0 cm³/mol. The van der Waals surface area contributed by atoms with Crippen LogP contribution in [0.15, 0.2) is 24.3 Å². The second-order valence-corrected chi connectivity index (χ2v) is 2.34. The topological polar surface area (TPSA) is 44.5 Å². The monoisotopic (exact) mass is 177 g/mol. The number of benzene rings is 1. The first-order chi connectivity index (χ1) is 6.36. The van der Waals surface area contributed by atoms with Crippen molar-refractivity contribution in [3.63, 3.8) is 0 Å². The summed E-state index contributed by atoms with van der Waals surface area (Å²) in [5.41, 5.74) is 0.886. The van der Waals surface area contributed by atoms with Crippen molar-refractivity contribution in [2.45, 2.75) is 0 Å². The minimum atomic E-state index is 0.233. The molecule has 0 aromatic heterocycles. The summed E-state index contributed by atoms with van der Waals surface area (Å²) in [6.07, 6.45) is 0. The first-order valence-corrected chi connectivity index (χ1v) is 3.81. The lowest BCUT2D eigenvalue weighted by molar-refractivity contribution is 0.173. The molecule has 0 fully saturated rings.